The van der Waals surface area contributed by atoms with Gasteiger partial charge in [-0.05, 0) is 48.0 Å². The van der Waals surface area contributed by atoms with E-state index >= 15 is 0 Å². The van der Waals surface area contributed by atoms with Crippen LogP contribution in [-0.4, -0.2) is 21.6 Å². The monoisotopic (exact) mass is 468 g/mol. The van der Waals surface area contributed by atoms with Gasteiger partial charge in [-0.1, -0.05) is 61.2 Å². The number of fused-ring (bicyclic) bond motifs is 5. The minimum Gasteiger partial charge on any atom is -0.517 e. The SMILES string of the molecule is C=C/C=C1\C2=C(C)N3B(OB2OB2Oc4cccc5cccc(c45)N21)Oc1cccc2cccc3c12. The fourth-order valence-corrected chi connectivity index (χ4v) is 5.88. The lowest BCUT2D eigenvalue weighted by Crippen LogP contribution is -2.64. The Balaban J connectivity index is 1.35. The Morgan fingerprint density at radius 2 is 1.25 bits per heavy atom. The maximum atomic E-state index is 6.48. The Labute approximate surface area is 209 Å². The lowest BCUT2D eigenvalue weighted by Gasteiger charge is -2.47. The van der Waals surface area contributed by atoms with Gasteiger partial charge >= 0.3 is 21.6 Å². The highest BCUT2D eigenvalue weighted by atomic mass is 16.7. The molecule has 4 aromatic rings. The van der Waals surface area contributed by atoms with E-state index in [1.54, 1.807) is 6.08 Å². The Bertz CT molecular complexity index is 1680. The molecule has 0 unspecified atom stereocenters. The molecule has 170 valence electrons. The summed E-state index contributed by atoms with van der Waals surface area (Å²) in [6.07, 6.45) is 3.80. The third kappa shape index (κ3) is 2.56. The summed E-state index contributed by atoms with van der Waals surface area (Å²) in [5, 5.41) is 4.36. The summed E-state index contributed by atoms with van der Waals surface area (Å²) < 4.78 is 25.7. The number of hydrogen-bond donors (Lipinski definition) is 0. The van der Waals surface area contributed by atoms with E-state index in [9.17, 15) is 0 Å². The van der Waals surface area contributed by atoms with Crippen LogP contribution in [-0.2, 0) is 9.14 Å². The van der Waals surface area contributed by atoms with Crippen molar-refractivity contribution in [1.29, 1.82) is 0 Å². The molecule has 6 nitrogen and oxygen atoms in total. The molecule has 0 bridgehead atoms. The summed E-state index contributed by atoms with van der Waals surface area (Å²) in [4.78, 5) is 4.20. The second kappa shape index (κ2) is 7.23. The fourth-order valence-electron chi connectivity index (χ4n) is 5.88. The van der Waals surface area contributed by atoms with Crippen molar-refractivity contribution in [3.05, 3.63) is 108 Å². The van der Waals surface area contributed by atoms with Crippen molar-refractivity contribution in [2.75, 3.05) is 9.62 Å². The molecule has 0 aliphatic carbocycles. The Hall–Kier alpha value is -4.07. The molecule has 0 aromatic heterocycles. The van der Waals surface area contributed by atoms with Crippen molar-refractivity contribution >= 4 is 54.5 Å². The Morgan fingerprint density at radius 3 is 1.83 bits per heavy atom. The highest BCUT2D eigenvalue weighted by molar-refractivity contribution is 6.77. The number of benzene rings is 4. The summed E-state index contributed by atoms with van der Waals surface area (Å²) in [6, 6.07) is 24.7. The minimum atomic E-state index is -0.691. The third-order valence-electron chi connectivity index (χ3n) is 7.36. The van der Waals surface area contributed by atoms with Crippen LogP contribution in [0.3, 0.4) is 0 Å². The predicted octanol–water partition coefficient (Wildman–Crippen LogP) is 5.49. The van der Waals surface area contributed by atoms with Crippen LogP contribution in [0.25, 0.3) is 21.5 Å². The zero-order valence-corrected chi connectivity index (χ0v) is 19.5. The van der Waals surface area contributed by atoms with Crippen LogP contribution in [0.1, 0.15) is 6.92 Å². The van der Waals surface area contributed by atoms with Gasteiger partial charge in [0, 0.05) is 39.0 Å². The van der Waals surface area contributed by atoms with Crippen LogP contribution in [0.15, 0.2) is 108 Å². The minimum absolute atomic E-state index is 0.657. The number of nitrogens with zero attached hydrogens (tertiary/aromatic N) is 2. The van der Waals surface area contributed by atoms with Gasteiger partial charge in [0.15, 0.2) is 0 Å². The highest BCUT2D eigenvalue weighted by Crippen LogP contribution is 2.48. The van der Waals surface area contributed by atoms with Crippen molar-refractivity contribution in [2.24, 2.45) is 0 Å². The summed E-state index contributed by atoms with van der Waals surface area (Å²) in [5.41, 5.74) is 4.91. The fraction of sp³-hybridized carbons (Fsp3) is 0.0370. The van der Waals surface area contributed by atoms with Gasteiger partial charge < -0.3 is 28.1 Å². The van der Waals surface area contributed by atoms with Crippen molar-refractivity contribution < 1.29 is 18.5 Å². The smallest absolute Gasteiger partial charge is 0.517 e. The van der Waals surface area contributed by atoms with E-state index in [2.05, 4.69) is 71.7 Å². The first kappa shape index (κ1) is 20.2. The summed E-state index contributed by atoms with van der Waals surface area (Å²) in [7, 11) is -2.02. The molecular formula is C27H19B3N2O4. The first-order chi connectivity index (χ1) is 17.7. The van der Waals surface area contributed by atoms with Crippen molar-refractivity contribution in [1.82, 2.24) is 0 Å². The van der Waals surface area contributed by atoms with Gasteiger partial charge in [0.25, 0.3) is 0 Å². The zero-order chi connectivity index (χ0) is 24.0. The lowest BCUT2D eigenvalue weighted by atomic mass is 9.63. The van der Waals surface area contributed by atoms with E-state index in [0.717, 1.165) is 61.3 Å². The second-order valence-corrected chi connectivity index (χ2v) is 9.24. The van der Waals surface area contributed by atoms with Crippen LogP contribution in [0.2, 0.25) is 0 Å². The van der Waals surface area contributed by atoms with Gasteiger partial charge in [0.05, 0.1) is 0 Å². The highest BCUT2D eigenvalue weighted by Gasteiger charge is 2.57. The number of allylic oxidation sites excluding steroid dienone is 4. The molecule has 4 aliphatic heterocycles. The van der Waals surface area contributed by atoms with E-state index in [-0.39, 0.29) is 0 Å². The van der Waals surface area contributed by atoms with Crippen molar-refractivity contribution in [3.63, 3.8) is 0 Å². The van der Waals surface area contributed by atoms with Crippen LogP contribution < -0.4 is 18.9 Å². The number of hydrogen-bond acceptors (Lipinski definition) is 6. The average molecular weight is 468 g/mol. The second-order valence-electron chi connectivity index (χ2n) is 9.24. The van der Waals surface area contributed by atoms with E-state index in [1.165, 1.54) is 0 Å². The molecule has 4 heterocycles. The van der Waals surface area contributed by atoms with Crippen LogP contribution in [0, 0.1) is 0 Å². The Morgan fingerprint density at radius 1 is 0.722 bits per heavy atom. The molecule has 0 saturated carbocycles. The summed E-state index contributed by atoms with van der Waals surface area (Å²) in [6.45, 7) is 6.10. The predicted molar refractivity (Wildman–Crippen MR) is 145 cm³/mol. The molecule has 1 fully saturated rings. The van der Waals surface area contributed by atoms with Gasteiger partial charge in [-0.3, -0.25) is 0 Å². The van der Waals surface area contributed by atoms with Gasteiger partial charge in [0.1, 0.15) is 11.5 Å². The van der Waals surface area contributed by atoms with Gasteiger partial charge in [0.2, 0.25) is 0 Å². The molecule has 4 aliphatic rings. The number of anilines is 2. The standard InChI is InChI=1S/C27H19B3N2O4/c1-3-8-22-27-17(2)31-20-13-4-9-18-11-6-15-23(25(18)20)33-29(31)35-28(27)36-30-32(22)21-14-5-10-19-12-7-16-24(34-30)26(19)21/h3-16H,1H2,2H3/b22-8+. The first-order valence-electron chi connectivity index (χ1n) is 12.0. The van der Waals surface area contributed by atoms with E-state index in [1.807, 2.05) is 30.3 Å². The van der Waals surface area contributed by atoms with Gasteiger partial charge in [-0.2, -0.15) is 0 Å². The summed E-state index contributed by atoms with van der Waals surface area (Å²) >= 11 is 0. The van der Waals surface area contributed by atoms with Crippen molar-refractivity contribution in [2.45, 2.75) is 6.92 Å². The van der Waals surface area contributed by atoms with E-state index in [4.69, 9.17) is 18.5 Å². The van der Waals surface area contributed by atoms with Crippen molar-refractivity contribution in [3.8, 4) is 11.5 Å². The topological polar surface area (TPSA) is 43.4 Å². The van der Waals surface area contributed by atoms with Gasteiger partial charge in [-0.15, -0.1) is 0 Å². The molecule has 9 heteroatoms. The van der Waals surface area contributed by atoms with E-state index in [0.29, 0.717) is 0 Å². The lowest BCUT2D eigenvalue weighted by molar-refractivity contribution is 0.331. The average Bonchev–Trinajstić information content (AvgIpc) is 2.89. The largest absolute Gasteiger partial charge is 0.656 e. The molecule has 1 saturated heterocycles. The van der Waals surface area contributed by atoms with Crippen LogP contribution >= 0.6 is 0 Å². The number of rotatable bonds is 1. The van der Waals surface area contributed by atoms with Gasteiger partial charge in [-0.25, -0.2) is 0 Å². The normalized spacial score (nSPS) is 18.7. The molecule has 4 aromatic carbocycles. The molecule has 0 N–H and O–H groups in total. The van der Waals surface area contributed by atoms with Crippen LogP contribution in [0.4, 0.5) is 11.4 Å². The zero-order valence-electron chi connectivity index (χ0n) is 19.5. The maximum absolute atomic E-state index is 6.48. The molecule has 0 radical (unpaired) electrons. The third-order valence-corrected chi connectivity index (χ3v) is 7.36. The van der Waals surface area contributed by atoms with E-state index < -0.39 is 21.6 Å². The Kier molecular flexibility index (Phi) is 4.05. The molecule has 0 spiro atoms. The molecule has 8 rings (SSSR count). The molecule has 36 heavy (non-hydrogen) atoms. The quantitative estimate of drug-likeness (QED) is 0.345. The summed E-state index contributed by atoms with van der Waals surface area (Å²) in [5.74, 6) is 1.59. The molecule has 0 atom stereocenters. The molecular weight excluding hydrogens is 449 g/mol. The van der Waals surface area contributed by atoms with Crippen LogP contribution in [0.5, 0.6) is 11.5 Å². The maximum Gasteiger partial charge on any atom is 0.656 e. The molecule has 0 amide bonds. The first-order valence-corrected chi connectivity index (χ1v) is 12.0.